The van der Waals surface area contributed by atoms with E-state index in [9.17, 15) is 9.18 Å². The summed E-state index contributed by atoms with van der Waals surface area (Å²) in [4.78, 5) is 16.5. The summed E-state index contributed by atoms with van der Waals surface area (Å²) in [5.41, 5.74) is 2.44. The first-order valence-electron chi connectivity index (χ1n) is 8.65. The lowest BCUT2D eigenvalue weighted by Gasteiger charge is -2.38. The van der Waals surface area contributed by atoms with Crippen molar-refractivity contribution in [2.75, 3.05) is 31.5 Å². The molecule has 0 aromatic heterocycles. The van der Waals surface area contributed by atoms with Crippen molar-refractivity contribution in [1.82, 2.24) is 9.80 Å². The number of rotatable bonds is 3. The number of halogens is 1. The molecule has 4 nitrogen and oxygen atoms in total. The predicted molar refractivity (Wildman–Crippen MR) is 98.2 cm³/mol. The van der Waals surface area contributed by atoms with Crippen molar-refractivity contribution in [3.05, 3.63) is 65.5 Å². The minimum Gasteiger partial charge on any atom is -0.322 e. The normalized spacial score (nSPS) is 16.5. The predicted octanol–water partition coefficient (Wildman–Crippen LogP) is 4.04. The molecule has 5 heteroatoms. The maximum atomic E-state index is 13.8. The van der Waals surface area contributed by atoms with Gasteiger partial charge in [0.25, 0.3) is 0 Å². The van der Waals surface area contributed by atoms with Crippen LogP contribution in [-0.4, -0.2) is 42.0 Å². The van der Waals surface area contributed by atoms with E-state index in [1.807, 2.05) is 25.1 Å². The Balaban J connectivity index is 1.56. The number of benzene rings is 2. The van der Waals surface area contributed by atoms with Gasteiger partial charge in [-0.3, -0.25) is 4.90 Å². The second-order valence-electron chi connectivity index (χ2n) is 6.52. The maximum Gasteiger partial charge on any atom is 0.322 e. The molecule has 0 spiro atoms. The van der Waals surface area contributed by atoms with Crippen LogP contribution >= 0.6 is 0 Å². The average molecular weight is 341 g/mol. The average Bonchev–Trinajstić information content (AvgIpc) is 2.65. The van der Waals surface area contributed by atoms with Gasteiger partial charge in [0.1, 0.15) is 5.82 Å². The van der Waals surface area contributed by atoms with Crippen molar-refractivity contribution in [3.63, 3.8) is 0 Å². The zero-order valence-corrected chi connectivity index (χ0v) is 14.7. The molecule has 1 saturated heterocycles. The molecule has 25 heavy (non-hydrogen) atoms. The smallest absolute Gasteiger partial charge is 0.322 e. The van der Waals surface area contributed by atoms with Gasteiger partial charge in [-0.2, -0.15) is 0 Å². The fourth-order valence-corrected chi connectivity index (χ4v) is 3.18. The van der Waals surface area contributed by atoms with E-state index in [1.54, 1.807) is 17.0 Å². The van der Waals surface area contributed by atoms with Gasteiger partial charge in [-0.1, -0.05) is 36.4 Å². The van der Waals surface area contributed by atoms with Crippen LogP contribution in [0, 0.1) is 12.7 Å². The Labute approximate surface area is 148 Å². The summed E-state index contributed by atoms with van der Waals surface area (Å²) in [6.07, 6.45) is 0. The van der Waals surface area contributed by atoms with Gasteiger partial charge < -0.3 is 10.2 Å². The number of anilines is 1. The summed E-state index contributed by atoms with van der Waals surface area (Å²) in [6, 6.07) is 15.2. The fraction of sp³-hybridized carbons (Fsp3) is 0.350. The highest BCUT2D eigenvalue weighted by atomic mass is 19.1. The number of carbonyl (C=O) groups excluding carboxylic acids is 1. The molecular weight excluding hydrogens is 317 g/mol. The van der Waals surface area contributed by atoms with Gasteiger partial charge in [-0.25, -0.2) is 9.18 Å². The molecule has 2 aromatic carbocycles. The molecule has 2 aromatic rings. The van der Waals surface area contributed by atoms with Crippen LogP contribution in [0.1, 0.15) is 24.1 Å². The summed E-state index contributed by atoms with van der Waals surface area (Å²) in [6.45, 7) is 6.94. The topological polar surface area (TPSA) is 35.6 Å². The van der Waals surface area contributed by atoms with E-state index in [4.69, 9.17) is 0 Å². The molecule has 0 aliphatic carbocycles. The van der Waals surface area contributed by atoms with Gasteiger partial charge in [-0.15, -0.1) is 0 Å². The first-order chi connectivity index (χ1) is 12.0. The van der Waals surface area contributed by atoms with Crippen LogP contribution in [0.3, 0.4) is 0 Å². The quantitative estimate of drug-likeness (QED) is 0.914. The SMILES string of the molecule is Cc1ccc(F)c(NC(=O)N2CCN([C@H](C)c3ccccc3)CC2)c1. The highest BCUT2D eigenvalue weighted by molar-refractivity contribution is 5.89. The van der Waals surface area contributed by atoms with Crippen molar-refractivity contribution >= 4 is 11.7 Å². The minimum atomic E-state index is -0.407. The van der Waals surface area contributed by atoms with Crippen molar-refractivity contribution < 1.29 is 9.18 Å². The molecule has 0 saturated carbocycles. The standard InChI is InChI=1S/C20H24FN3O/c1-15-8-9-18(21)19(14-15)22-20(25)24-12-10-23(11-13-24)16(2)17-6-4-3-5-7-17/h3-9,14,16H,10-13H2,1-2H3,(H,22,25)/t16-/m1/s1. The fourth-order valence-electron chi connectivity index (χ4n) is 3.18. The largest absolute Gasteiger partial charge is 0.322 e. The van der Waals surface area contributed by atoms with Crippen LogP contribution in [0.2, 0.25) is 0 Å². The number of hydrogen-bond donors (Lipinski definition) is 1. The van der Waals surface area contributed by atoms with Crippen molar-refractivity contribution in [2.45, 2.75) is 19.9 Å². The molecule has 1 atom stereocenters. The second-order valence-corrected chi connectivity index (χ2v) is 6.52. The van der Waals surface area contributed by atoms with Crippen LogP contribution in [0.4, 0.5) is 14.9 Å². The highest BCUT2D eigenvalue weighted by Gasteiger charge is 2.25. The zero-order valence-electron chi connectivity index (χ0n) is 14.7. The number of nitrogens with one attached hydrogen (secondary N) is 1. The molecule has 132 valence electrons. The number of amides is 2. The van der Waals surface area contributed by atoms with E-state index in [-0.39, 0.29) is 11.7 Å². The van der Waals surface area contributed by atoms with Gasteiger partial charge in [0, 0.05) is 32.2 Å². The Hall–Kier alpha value is -2.40. The highest BCUT2D eigenvalue weighted by Crippen LogP contribution is 2.22. The van der Waals surface area contributed by atoms with Gasteiger partial charge >= 0.3 is 6.03 Å². The molecular formula is C20H24FN3O. The lowest BCUT2D eigenvalue weighted by Crippen LogP contribution is -2.50. The summed E-state index contributed by atoms with van der Waals surface area (Å²) < 4.78 is 13.8. The molecule has 1 fully saturated rings. The Kier molecular flexibility index (Phi) is 5.34. The number of piperazine rings is 1. The Morgan fingerprint density at radius 2 is 1.76 bits per heavy atom. The molecule has 0 unspecified atom stereocenters. The number of urea groups is 1. The molecule has 1 heterocycles. The van der Waals surface area contributed by atoms with E-state index in [1.165, 1.54) is 11.6 Å². The van der Waals surface area contributed by atoms with Crippen LogP contribution in [0.5, 0.6) is 0 Å². The van der Waals surface area contributed by atoms with Gasteiger partial charge in [0.15, 0.2) is 0 Å². The summed E-state index contributed by atoms with van der Waals surface area (Å²) in [5, 5.41) is 2.69. The molecule has 0 radical (unpaired) electrons. The second kappa shape index (κ2) is 7.66. The third-order valence-electron chi connectivity index (χ3n) is 4.79. The van der Waals surface area contributed by atoms with E-state index in [2.05, 4.69) is 29.3 Å². The van der Waals surface area contributed by atoms with Crippen molar-refractivity contribution in [1.29, 1.82) is 0 Å². The van der Waals surface area contributed by atoms with Crippen LogP contribution in [0.15, 0.2) is 48.5 Å². The Morgan fingerprint density at radius 1 is 1.08 bits per heavy atom. The minimum absolute atomic E-state index is 0.239. The molecule has 1 aliphatic heterocycles. The molecule has 3 rings (SSSR count). The van der Waals surface area contributed by atoms with Crippen LogP contribution < -0.4 is 5.32 Å². The first kappa shape index (κ1) is 17.4. The Bertz CT molecular complexity index is 727. The summed E-state index contributed by atoms with van der Waals surface area (Å²) >= 11 is 0. The van der Waals surface area contributed by atoms with Gasteiger partial charge in [0.2, 0.25) is 0 Å². The van der Waals surface area contributed by atoms with Crippen LogP contribution in [-0.2, 0) is 0 Å². The van der Waals surface area contributed by atoms with Gasteiger partial charge in [0.05, 0.1) is 5.69 Å². The molecule has 2 amide bonds. The monoisotopic (exact) mass is 341 g/mol. The third-order valence-corrected chi connectivity index (χ3v) is 4.79. The molecule has 1 aliphatic rings. The maximum absolute atomic E-state index is 13.8. The van der Waals surface area contributed by atoms with E-state index in [0.717, 1.165) is 18.7 Å². The zero-order chi connectivity index (χ0) is 17.8. The van der Waals surface area contributed by atoms with E-state index < -0.39 is 5.82 Å². The lowest BCUT2D eigenvalue weighted by molar-refractivity contribution is 0.119. The summed E-state index contributed by atoms with van der Waals surface area (Å²) in [7, 11) is 0. The first-order valence-corrected chi connectivity index (χ1v) is 8.65. The number of hydrogen-bond acceptors (Lipinski definition) is 2. The molecule has 0 bridgehead atoms. The van der Waals surface area contributed by atoms with Crippen molar-refractivity contribution in [3.8, 4) is 0 Å². The summed E-state index contributed by atoms with van der Waals surface area (Å²) in [5.74, 6) is -0.407. The third kappa shape index (κ3) is 4.17. The van der Waals surface area contributed by atoms with Crippen molar-refractivity contribution in [2.24, 2.45) is 0 Å². The van der Waals surface area contributed by atoms with Crippen LogP contribution in [0.25, 0.3) is 0 Å². The number of carbonyl (C=O) groups is 1. The lowest BCUT2D eigenvalue weighted by atomic mass is 10.1. The number of aryl methyl sites for hydroxylation is 1. The van der Waals surface area contributed by atoms with E-state index in [0.29, 0.717) is 19.1 Å². The Morgan fingerprint density at radius 3 is 2.44 bits per heavy atom. The van der Waals surface area contributed by atoms with Gasteiger partial charge in [-0.05, 0) is 37.1 Å². The molecule has 1 N–H and O–H groups in total. The number of nitrogens with zero attached hydrogens (tertiary/aromatic N) is 2. The van der Waals surface area contributed by atoms with E-state index >= 15 is 0 Å².